The number of urea groups is 1. The number of ether oxygens (including phenoxy) is 1. The van der Waals surface area contributed by atoms with E-state index in [2.05, 4.69) is 36.7 Å². The molecule has 3 rings (SSSR count). The molecule has 0 saturated carbocycles. The highest BCUT2D eigenvalue weighted by molar-refractivity contribution is 7.10. The lowest BCUT2D eigenvalue weighted by Gasteiger charge is -2.36. The third kappa shape index (κ3) is 3.98. The highest BCUT2D eigenvalue weighted by atomic mass is 32.1. The number of carbonyl (C=O) groups excluding carboxylic acids is 1. The molecule has 0 fully saturated rings. The maximum atomic E-state index is 12.8. The van der Waals surface area contributed by atoms with Crippen molar-refractivity contribution in [2.75, 3.05) is 13.7 Å². The van der Waals surface area contributed by atoms with Crippen LogP contribution in [-0.2, 0) is 12.8 Å². The summed E-state index contributed by atoms with van der Waals surface area (Å²) in [5.74, 6) is 0.850. The Hall–Kier alpha value is -2.01. The second kappa shape index (κ2) is 7.91. The van der Waals surface area contributed by atoms with Crippen molar-refractivity contribution in [2.45, 2.75) is 45.2 Å². The summed E-state index contributed by atoms with van der Waals surface area (Å²) in [7, 11) is 1.67. The Kier molecular flexibility index (Phi) is 5.63. The largest absolute Gasteiger partial charge is 0.497 e. The zero-order valence-corrected chi connectivity index (χ0v) is 15.9. The molecule has 2 heterocycles. The van der Waals surface area contributed by atoms with Crippen molar-refractivity contribution < 1.29 is 9.53 Å². The van der Waals surface area contributed by atoms with Crippen LogP contribution in [0.1, 0.15) is 42.3 Å². The molecule has 0 aliphatic carbocycles. The molecule has 1 aromatic heterocycles. The third-order valence-corrected chi connectivity index (χ3v) is 5.78. The van der Waals surface area contributed by atoms with Gasteiger partial charge in [-0.25, -0.2) is 4.79 Å². The number of amides is 2. The number of nitrogens with zero attached hydrogens (tertiary/aromatic N) is 1. The van der Waals surface area contributed by atoms with Crippen LogP contribution in [0.4, 0.5) is 4.79 Å². The molecular weight excluding hydrogens is 332 g/mol. The smallest absolute Gasteiger partial charge is 0.318 e. The average Bonchev–Trinajstić information content (AvgIpc) is 3.09. The number of fused-ring (bicyclic) bond motifs is 1. The summed E-state index contributed by atoms with van der Waals surface area (Å²) in [6.45, 7) is 5.00. The molecule has 0 bridgehead atoms. The lowest BCUT2D eigenvalue weighted by molar-refractivity contribution is 0.165. The van der Waals surface area contributed by atoms with Gasteiger partial charge in [0.25, 0.3) is 0 Å². The molecule has 4 nitrogen and oxygen atoms in total. The molecule has 1 aliphatic heterocycles. The number of hydrogen-bond donors (Lipinski definition) is 1. The van der Waals surface area contributed by atoms with Gasteiger partial charge in [-0.3, -0.25) is 0 Å². The van der Waals surface area contributed by atoms with Gasteiger partial charge in [-0.2, -0.15) is 0 Å². The fourth-order valence-electron chi connectivity index (χ4n) is 3.58. The summed E-state index contributed by atoms with van der Waals surface area (Å²) >= 11 is 1.81. The van der Waals surface area contributed by atoms with Crippen LogP contribution < -0.4 is 10.1 Å². The second-order valence-electron chi connectivity index (χ2n) is 6.57. The minimum atomic E-state index is 0.0408. The number of hydrogen-bond acceptors (Lipinski definition) is 3. The number of methoxy groups -OCH3 is 1. The molecular formula is C20H26N2O2S. The molecule has 134 valence electrons. The van der Waals surface area contributed by atoms with Gasteiger partial charge in [-0.15, -0.1) is 11.3 Å². The van der Waals surface area contributed by atoms with Crippen LogP contribution in [0.25, 0.3) is 0 Å². The van der Waals surface area contributed by atoms with Crippen LogP contribution in [0.5, 0.6) is 5.75 Å². The average molecular weight is 359 g/mol. The maximum absolute atomic E-state index is 12.8. The summed E-state index contributed by atoms with van der Waals surface area (Å²) in [4.78, 5) is 16.2. The zero-order chi connectivity index (χ0) is 17.8. The van der Waals surface area contributed by atoms with Crippen molar-refractivity contribution in [1.82, 2.24) is 10.2 Å². The number of carbonyl (C=O) groups is 1. The van der Waals surface area contributed by atoms with Gasteiger partial charge in [-0.05, 0) is 60.9 Å². The van der Waals surface area contributed by atoms with E-state index in [1.807, 2.05) is 34.4 Å². The van der Waals surface area contributed by atoms with E-state index in [0.29, 0.717) is 0 Å². The summed E-state index contributed by atoms with van der Waals surface area (Å²) in [5, 5.41) is 5.31. The van der Waals surface area contributed by atoms with Crippen molar-refractivity contribution in [3.8, 4) is 5.75 Å². The van der Waals surface area contributed by atoms with Crippen molar-refractivity contribution >= 4 is 17.4 Å². The van der Waals surface area contributed by atoms with E-state index < -0.39 is 0 Å². The zero-order valence-electron chi connectivity index (χ0n) is 15.1. The first-order chi connectivity index (χ1) is 12.1. The standard InChI is InChI=1S/C20H26N2O2S/c1-4-18-17-9-11-25-19(17)8-10-22(18)20(23)21-14(2)12-15-6-5-7-16(13-15)24-3/h5-7,9,11,13-14,18H,4,8,10,12H2,1-3H3,(H,21,23). The predicted molar refractivity (Wildman–Crippen MR) is 102 cm³/mol. The molecule has 25 heavy (non-hydrogen) atoms. The minimum absolute atomic E-state index is 0.0408. The first kappa shape index (κ1) is 17.8. The summed E-state index contributed by atoms with van der Waals surface area (Å²) in [6, 6.07) is 10.5. The van der Waals surface area contributed by atoms with Crippen molar-refractivity contribution in [3.05, 3.63) is 51.7 Å². The van der Waals surface area contributed by atoms with Gasteiger partial charge in [0.2, 0.25) is 0 Å². The molecule has 5 heteroatoms. The highest BCUT2D eigenvalue weighted by Crippen LogP contribution is 2.35. The molecule has 0 saturated heterocycles. The Balaban J connectivity index is 1.63. The molecule has 2 aromatic rings. The third-order valence-electron chi connectivity index (χ3n) is 4.79. The van der Waals surface area contributed by atoms with Crippen molar-refractivity contribution in [2.24, 2.45) is 0 Å². The quantitative estimate of drug-likeness (QED) is 0.860. The van der Waals surface area contributed by atoms with E-state index in [1.165, 1.54) is 10.4 Å². The fourth-order valence-corrected chi connectivity index (χ4v) is 4.51. The fraction of sp³-hybridized carbons (Fsp3) is 0.450. The van der Waals surface area contributed by atoms with E-state index in [1.54, 1.807) is 7.11 Å². The van der Waals surface area contributed by atoms with Gasteiger partial charge < -0.3 is 15.0 Å². The van der Waals surface area contributed by atoms with E-state index >= 15 is 0 Å². The highest BCUT2D eigenvalue weighted by Gasteiger charge is 2.30. The van der Waals surface area contributed by atoms with E-state index in [9.17, 15) is 4.79 Å². The van der Waals surface area contributed by atoms with Gasteiger partial charge >= 0.3 is 6.03 Å². The van der Waals surface area contributed by atoms with Crippen molar-refractivity contribution in [3.63, 3.8) is 0 Å². The van der Waals surface area contributed by atoms with Gasteiger partial charge in [0.15, 0.2) is 0 Å². The number of thiophene rings is 1. The summed E-state index contributed by atoms with van der Waals surface area (Å²) < 4.78 is 5.27. The Labute approximate surface area is 153 Å². The summed E-state index contributed by atoms with van der Waals surface area (Å²) in [5.41, 5.74) is 2.49. The number of nitrogens with one attached hydrogen (secondary N) is 1. The topological polar surface area (TPSA) is 41.6 Å². The second-order valence-corrected chi connectivity index (χ2v) is 7.57. The number of benzene rings is 1. The Bertz CT molecular complexity index is 728. The van der Waals surface area contributed by atoms with E-state index in [-0.39, 0.29) is 18.1 Å². The van der Waals surface area contributed by atoms with E-state index in [0.717, 1.165) is 37.1 Å². The SMILES string of the molecule is CCC1c2ccsc2CCN1C(=O)NC(C)Cc1cccc(OC)c1. The first-order valence-corrected chi connectivity index (χ1v) is 9.76. The Morgan fingerprint density at radius 3 is 3.04 bits per heavy atom. The number of rotatable bonds is 5. The summed E-state index contributed by atoms with van der Waals surface area (Å²) in [6.07, 6.45) is 2.69. The van der Waals surface area contributed by atoms with Crippen LogP contribution in [0.15, 0.2) is 35.7 Å². The lowest BCUT2D eigenvalue weighted by atomic mass is 9.98. The molecule has 2 atom stereocenters. The molecule has 1 N–H and O–H groups in total. The molecule has 2 unspecified atom stereocenters. The van der Waals surface area contributed by atoms with Gasteiger partial charge in [0.05, 0.1) is 13.2 Å². The van der Waals surface area contributed by atoms with Gasteiger partial charge in [0.1, 0.15) is 5.75 Å². The molecule has 0 spiro atoms. The minimum Gasteiger partial charge on any atom is -0.497 e. The lowest BCUT2D eigenvalue weighted by Crippen LogP contribution is -2.48. The van der Waals surface area contributed by atoms with Crippen LogP contribution in [0.3, 0.4) is 0 Å². The Morgan fingerprint density at radius 1 is 1.44 bits per heavy atom. The molecule has 1 aliphatic rings. The van der Waals surface area contributed by atoms with Crippen LogP contribution in [0, 0.1) is 0 Å². The Morgan fingerprint density at radius 2 is 2.28 bits per heavy atom. The predicted octanol–water partition coefficient (Wildman–Crippen LogP) is 4.41. The van der Waals surface area contributed by atoms with Gasteiger partial charge in [0, 0.05) is 17.5 Å². The van der Waals surface area contributed by atoms with Crippen LogP contribution in [0.2, 0.25) is 0 Å². The van der Waals surface area contributed by atoms with Crippen molar-refractivity contribution in [1.29, 1.82) is 0 Å². The maximum Gasteiger partial charge on any atom is 0.318 e. The molecule has 2 amide bonds. The van der Waals surface area contributed by atoms with Gasteiger partial charge in [-0.1, -0.05) is 19.1 Å². The monoisotopic (exact) mass is 358 g/mol. The molecule has 1 aromatic carbocycles. The normalized spacial score (nSPS) is 17.7. The van der Waals surface area contributed by atoms with Crippen LogP contribution in [-0.4, -0.2) is 30.6 Å². The molecule has 0 radical (unpaired) electrons. The van der Waals surface area contributed by atoms with Crippen LogP contribution >= 0.6 is 11.3 Å². The first-order valence-electron chi connectivity index (χ1n) is 8.88. The van der Waals surface area contributed by atoms with E-state index in [4.69, 9.17) is 4.74 Å².